The average Bonchev–Trinajstić information content (AvgIpc) is 2.18. The van der Waals surface area contributed by atoms with Gasteiger partial charge in [-0.2, -0.15) is 0 Å². The molecule has 4 nitrogen and oxygen atoms in total. The van der Waals surface area contributed by atoms with Crippen molar-refractivity contribution in [3.05, 3.63) is 11.8 Å². The zero-order chi connectivity index (χ0) is 6.69. The number of aryl methyl sites for hydroxylation is 1. The molecule has 0 saturated carbocycles. The van der Waals surface area contributed by atoms with Gasteiger partial charge in [0.05, 0.1) is 0 Å². The predicted octanol–water partition coefficient (Wildman–Crippen LogP) is 0.950. The number of carbonyl (C=O) groups excluding carboxylic acids is 1. The molecule has 0 atom stereocenters. The van der Waals surface area contributed by atoms with Crippen LogP contribution in [0.4, 0.5) is 5.82 Å². The van der Waals surface area contributed by atoms with Crippen molar-refractivity contribution >= 4 is 11.9 Å². The minimum atomic E-state index is 0.296. The predicted molar refractivity (Wildman–Crippen MR) is 29.0 cm³/mol. The molecule has 1 heterocycles. The highest BCUT2D eigenvalue weighted by atomic mass is 16.5. The topological polar surface area (TPSA) is 55.5 Å². The summed E-state index contributed by atoms with van der Waals surface area (Å²) in [5, 5.41) is 3.40. The molecule has 0 amide bonds. The van der Waals surface area contributed by atoms with Gasteiger partial charge in [-0.3, -0.25) is 0 Å². The Morgan fingerprint density at radius 2 is 2.67 bits per heavy atom. The first-order valence-electron chi connectivity index (χ1n) is 2.33. The fourth-order valence-corrected chi connectivity index (χ4v) is 0.432. The van der Waals surface area contributed by atoms with E-state index in [2.05, 4.69) is 14.7 Å². The summed E-state index contributed by atoms with van der Waals surface area (Å²) in [7, 11) is 0. The number of aliphatic imine (C=N–C) groups is 1. The second-order valence-corrected chi connectivity index (χ2v) is 1.52. The van der Waals surface area contributed by atoms with Gasteiger partial charge in [-0.05, 0) is 6.92 Å². The Morgan fingerprint density at radius 3 is 3.11 bits per heavy atom. The smallest absolute Gasteiger partial charge is 0.242 e. The molecule has 0 spiro atoms. The zero-order valence-corrected chi connectivity index (χ0v) is 4.79. The highest BCUT2D eigenvalue weighted by Gasteiger charge is 1.97. The Kier molecular flexibility index (Phi) is 1.42. The molecule has 0 aliphatic carbocycles. The van der Waals surface area contributed by atoms with E-state index >= 15 is 0 Å². The lowest BCUT2D eigenvalue weighted by atomic mass is 10.4. The van der Waals surface area contributed by atoms with Crippen LogP contribution in [0.5, 0.6) is 0 Å². The van der Waals surface area contributed by atoms with Crippen LogP contribution < -0.4 is 0 Å². The van der Waals surface area contributed by atoms with Gasteiger partial charge < -0.3 is 4.52 Å². The molecule has 0 fully saturated rings. The second kappa shape index (κ2) is 2.24. The standard InChI is InChI=1S/C5H4N2O2/c1-4-2-9-7-5(4)6-3-8/h2H,1H3. The fraction of sp³-hybridized carbons (Fsp3) is 0.200. The van der Waals surface area contributed by atoms with E-state index in [0.29, 0.717) is 5.82 Å². The summed E-state index contributed by atoms with van der Waals surface area (Å²) < 4.78 is 4.48. The summed E-state index contributed by atoms with van der Waals surface area (Å²) in [5.41, 5.74) is 0.735. The second-order valence-electron chi connectivity index (χ2n) is 1.52. The third kappa shape index (κ3) is 1.03. The lowest BCUT2D eigenvalue weighted by Gasteiger charge is -1.75. The van der Waals surface area contributed by atoms with Crippen LogP contribution in [-0.4, -0.2) is 11.2 Å². The molecular formula is C5H4N2O2. The summed E-state index contributed by atoms with van der Waals surface area (Å²) in [5.74, 6) is 0.296. The Hall–Kier alpha value is -1.41. The Bertz CT molecular complexity index is 247. The van der Waals surface area contributed by atoms with Crippen LogP contribution in [0.2, 0.25) is 0 Å². The molecule has 46 valence electrons. The first-order valence-corrected chi connectivity index (χ1v) is 2.33. The zero-order valence-electron chi connectivity index (χ0n) is 4.79. The largest absolute Gasteiger partial charge is 0.362 e. The van der Waals surface area contributed by atoms with Crippen molar-refractivity contribution in [2.24, 2.45) is 4.99 Å². The van der Waals surface area contributed by atoms with Crippen molar-refractivity contribution in [1.82, 2.24) is 5.16 Å². The third-order valence-electron chi connectivity index (χ3n) is 0.873. The average molecular weight is 124 g/mol. The molecule has 9 heavy (non-hydrogen) atoms. The van der Waals surface area contributed by atoms with Gasteiger partial charge in [0.15, 0.2) is 0 Å². The number of aromatic nitrogens is 1. The molecule has 0 unspecified atom stereocenters. The van der Waals surface area contributed by atoms with Gasteiger partial charge in [0.1, 0.15) is 6.26 Å². The molecule has 0 bridgehead atoms. The van der Waals surface area contributed by atoms with E-state index in [9.17, 15) is 4.79 Å². The number of hydrogen-bond acceptors (Lipinski definition) is 4. The van der Waals surface area contributed by atoms with E-state index in [1.807, 2.05) is 0 Å². The summed E-state index contributed by atoms with van der Waals surface area (Å²) in [4.78, 5) is 12.9. The van der Waals surface area contributed by atoms with Crippen molar-refractivity contribution in [3.63, 3.8) is 0 Å². The summed E-state index contributed by atoms with van der Waals surface area (Å²) in [6.45, 7) is 1.74. The summed E-state index contributed by atoms with van der Waals surface area (Å²) >= 11 is 0. The Morgan fingerprint density at radius 1 is 1.89 bits per heavy atom. The minimum Gasteiger partial charge on any atom is -0.362 e. The fourth-order valence-electron chi connectivity index (χ4n) is 0.432. The first kappa shape index (κ1) is 5.72. The molecule has 1 rings (SSSR count). The van der Waals surface area contributed by atoms with E-state index < -0.39 is 0 Å². The molecular weight excluding hydrogens is 120 g/mol. The van der Waals surface area contributed by atoms with E-state index in [1.54, 1.807) is 6.92 Å². The van der Waals surface area contributed by atoms with E-state index in [4.69, 9.17) is 0 Å². The van der Waals surface area contributed by atoms with Gasteiger partial charge in [-0.1, -0.05) is 5.16 Å². The normalized spacial score (nSPS) is 8.56. The number of rotatable bonds is 1. The minimum absolute atomic E-state index is 0.296. The molecule has 0 saturated heterocycles. The highest BCUT2D eigenvalue weighted by Crippen LogP contribution is 2.12. The van der Waals surface area contributed by atoms with Gasteiger partial charge in [0, 0.05) is 5.56 Å². The van der Waals surface area contributed by atoms with E-state index in [0.717, 1.165) is 5.56 Å². The number of nitrogens with zero attached hydrogens (tertiary/aromatic N) is 2. The molecule has 0 aromatic carbocycles. The van der Waals surface area contributed by atoms with E-state index in [-0.39, 0.29) is 0 Å². The molecule has 0 aliphatic heterocycles. The molecule has 4 heteroatoms. The Balaban J connectivity index is 3.07. The van der Waals surface area contributed by atoms with Gasteiger partial charge in [0.2, 0.25) is 11.9 Å². The van der Waals surface area contributed by atoms with Gasteiger partial charge in [-0.25, -0.2) is 4.79 Å². The quantitative estimate of drug-likeness (QED) is 0.413. The molecule has 1 aromatic heterocycles. The summed E-state index contributed by atoms with van der Waals surface area (Å²) in [6.07, 6.45) is 2.78. The van der Waals surface area contributed by atoms with Crippen molar-refractivity contribution < 1.29 is 9.32 Å². The SMILES string of the molecule is Cc1conc1N=C=O. The van der Waals surface area contributed by atoms with Crippen LogP contribution >= 0.6 is 0 Å². The number of hydrogen-bond donors (Lipinski definition) is 0. The summed E-state index contributed by atoms with van der Waals surface area (Å²) in [6, 6.07) is 0. The monoisotopic (exact) mass is 124 g/mol. The molecule has 0 radical (unpaired) electrons. The van der Waals surface area contributed by atoms with Crippen molar-refractivity contribution in [2.75, 3.05) is 0 Å². The van der Waals surface area contributed by atoms with Crippen LogP contribution in [0, 0.1) is 6.92 Å². The third-order valence-corrected chi connectivity index (χ3v) is 0.873. The van der Waals surface area contributed by atoms with Crippen molar-refractivity contribution in [1.29, 1.82) is 0 Å². The van der Waals surface area contributed by atoms with Crippen LogP contribution in [-0.2, 0) is 4.79 Å². The lowest BCUT2D eigenvalue weighted by molar-refractivity contribution is 0.421. The highest BCUT2D eigenvalue weighted by molar-refractivity contribution is 5.46. The maximum atomic E-state index is 9.65. The maximum Gasteiger partial charge on any atom is 0.242 e. The van der Waals surface area contributed by atoms with Gasteiger partial charge in [0.25, 0.3) is 0 Å². The molecule has 0 aliphatic rings. The van der Waals surface area contributed by atoms with Crippen LogP contribution in [0.25, 0.3) is 0 Å². The van der Waals surface area contributed by atoms with Crippen molar-refractivity contribution in [3.8, 4) is 0 Å². The van der Waals surface area contributed by atoms with Crippen LogP contribution in [0.3, 0.4) is 0 Å². The van der Waals surface area contributed by atoms with Crippen molar-refractivity contribution in [2.45, 2.75) is 6.92 Å². The maximum absolute atomic E-state index is 9.65. The van der Waals surface area contributed by atoms with Gasteiger partial charge >= 0.3 is 0 Å². The molecule has 1 aromatic rings. The van der Waals surface area contributed by atoms with E-state index in [1.165, 1.54) is 12.3 Å². The van der Waals surface area contributed by atoms with Crippen LogP contribution in [0.15, 0.2) is 15.8 Å². The first-order chi connectivity index (χ1) is 4.34. The molecule has 0 N–H and O–H groups in total. The Labute approximate surface area is 51.2 Å². The van der Waals surface area contributed by atoms with Crippen LogP contribution in [0.1, 0.15) is 5.56 Å². The number of isocyanates is 1. The van der Waals surface area contributed by atoms with Gasteiger partial charge in [-0.15, -0.1) is 4.99 Å². The lowest BCUT2D eigenvalue weighted by Crippen LogP contribution is -1.63.